The summed E-state index contributed by atoms with van der Waals surface area (Å²) in [6.07, 6.45) is 15.2. The van der Waals surface area contributed by atoms with Crippen molar-refractivity contribution < 1.29 is 14.3 Å². The first-order chi connectivity index (χ1) is 21.0. The number of amides is 2. The summed E-state index contributed by atoms with van der Waals surface area (Å²) in [6, 6.07) is 10.1. The predicted molar refractivity (Wildman–Crippen MR) is 168 cm³/mol. The fourth-order valence-corrected chi connectivity index (χ4v) is 8.14. The highest BCUT2D eigenvalue weighted by Gasteiger charge is 2.50. The molecule has 2 amide bonds. The molecule has 9 heteroatoms. The Bertz CT molecular complexity index is 1230. The summed E-state index contributed by atoms with van der Waals surface area (Å²) in [7, 11) is 0. The van der Waals surface area contributed by atoms with Gasteiger partial charge in [-0.15, -0.1) is 0 Å². The molecule has 4 aliphatic rings. The fourth-order valence-electron chi connectivity index (χ4n) is 8.14. The molecule has 4 heterocycles. The number of nitrogens with two attached hydrogens (primary N) is 1. The number of hydrogen-bond donors (Lipinski definition) is 1. The maximum absolute atomic E-state index is 13.4. The highest BCUT2D eigenvalue weighted by atomic mass is 16.6. The fraction of sp³-hybridized carbons (Fsp3) is 0.676. The van der Waals surface area contributed by atoms with E-state index >= 15 is 0 Å². The summed E-state index contributed by atoms with van der Waals surface area (Å²) in [6.45, 7) is 7.32. The third-order valence-electron chi connectivity index (χ3n) is 10.8. The van der Waals surface area contributed by atoms with E-state index in [9.17, 15) is 9.59 Å². The molecule has 1 spiro atoms. The first-order valence-corrected chi connectivity index (χ1v) is 16.9. The van der Waals surface area contributed by atoms with Crippen LogP contribution in [0.3, 0.4) is 0 Å². The number of benzene rings is 1. The Morgan fingerprint density at radius 3 is 2.44 bits per heavy atom. The molecule has 1 aliphatic carbocycles. The number of nitrogens with zero attached hydrogens (tertiary/aromatic N) is 5. The van der Waals surface area contributed by atoms with Crippen LogP contribution >= 0.6 is 0 Å². The molecule has 2 N–H and O–H groups in total. The summed E-state index contributed by atoms with van der Waals surface area (Å²) < 4.78 is 8.07. The summed E-state index contributed by atoms with van der Waals surface area (Å²) >= 11 is 0. The zero-order valence-electron chi connectivity index (χ0n) is 26.0. The lowest BCUT2D eigenvalue weighted by atomic mass is 9.75. The number of unbranched alkanes of at least 4 members (excludes halogenated alkanes) is 1. The van der Waals surface area contributed by atoms with Gasteiger partial charge in [0.05, 0.1) is 11.9 Å². The minimum absolute atomic E-state index is 0.0404. The standard InChI is InChI=1S/C34H50N6O3/c1-2-3-12-27-25-39(24-26-10-6-4-7-11-26)33(42)43-34(27)17-21-37(22-18-34)28-15-19-38(20-16-28)32(41)30-23-36-40(31(30)35)29-13-8-5-9-14-29/h5,8-9,13-14,23,26-28H,2-4,6-7,10-12,15-22,24-25,35H2,1H3. The molecular weight excluding hydrogens is 540 g/mol. The second kappa shape index (κ2) is 13.3. The maximum atomic E-state index is 13.4. The van der Waals surface area contributed by atoms with Gasteiger partial charge in [0.25, 0.3) is 5.91 Å². The number of piperidine rings is 2. The molecular formula is C34H50N6O3. The lowest BCUT2D eigenvalue weighted by molar-refractivity contribution is -0.127. The van der Waals surface area contributed by atoms with Gasteiger partial charge >= 0.3 is 6.09 Å². The minimum atomic E-state index is -0.321. The Labute approximate surface area is 256 Å². The van der Waals surface area contributed by atoms with E-state index < -0.39 is 0 Å². The molecule has 1 aromatic carbocycles. The van der Waals surface area contributed by atoms with Crippen LogP contribution in [0.4, 0.5) is 10.6 Å². The Morgan fingerprint density at radius 1 is 1.02 bits per heavy atom. The largest absolute Gasteiger partial charge is 0.442 e. The van der Waals surface area contributed by atoms with Gasteiger partial charge in [0.2, 0.25) is 0 Å². The van der Waals surface area contributed by atoms with Gasteiger partial charge in [-0.3, -0.25) is 9.69 Å². The number of carbonyl (C=O) groups excluding carboxylic acids is 2. The number of nitrogen functional groups attached to an aromatic ring is 1. The number of para-hydroxylation sites is 1. The first-order valence-electron chi connectivity index (χ1n) is 16.9. The number of carbonyl (C=O) groups is 2. The van der Waals surface area contributed by atoms with E-state index in [-0.39, 0.29) is 17.6 Å². The Balaban J connectivity index is 1.03. The van der Waals surface area contributed by atoms with Crippen molar-refractivity contribution in [2.24, 2.45) is 11.8 Å². The van der Waals surface area contributed by atoms with Crippen LogP contribution in [0, 0.1) is 11.8 Å². The molecule has 1 saturated carbocycles. The van der Waals surface area contributed by atoms with E-state index in [0.717, 1.165) is 64.0 Å². The van der Waals surface area contributed by atoms with Gasteiger partial charge < -0.3 is 20.3 Å². The van der Waals surface area contributed by atoms with Gasteiger partial charge in [-0.25, -0.2) is 9.48 Å². The summed E-state index contributed by atoms with van der Waals surface area (Å²) in [4.78, 5) is 33.3. The zero-order chi connectivity index (χ0) is 29.8. The van der Waals surface area contributed by atoms with Crippen LogP contribution in [0.2, 0.25) is 0 Å². The zero-order valence-corrected chi connectivity index (χ0v) is 26.0. The van der Waals surface area contributed by atoms with Gasteiger partial charge in [0.15, 0.2) is 0 Å². The van der Waals surface area contributed by atoms with Crippen LogP contribution in [0.15, 0.2) is 36.5 Å². The molecule has 9 nitrogen and oxygen atoms in total. The van der Waals surface area contributed by atoms with Crippen molar-refractivity contribution in [1.29, 1.82) is 0 Å². The van der Waals surface area contributed by atoms with Crippen molar-refractivity contribution in [3.63, 3.8) is 0 Å². The molecule has 3 saturated heterocycles. The normalized spacial score (nSPS) is 23.9. The van der Waals surface area contributed by atoms with Crippen LogP contribution < -0.4 is 5.73 Å². The van der Waals surface area contributed by atoms with Gasteiger partial charge in [-0.05, 0) is 50.2 Å². The van der Waals surface area contributed by atoms with Crippen LogP contribution in [0.5, 0.6) is 0 Å². The average molecular weight is 591 g/mol. The molecule has 0 radical (unpaired) electrons. The van der Waals surface area contributed by atoms with Crippen molar-refractivity contribution in [3.8, 4) is 5.69 Å². The van der Waals surface area contributed by atoms with E-state index in [1.54, 1.807) is 10.9 Å². The van der Waals surface area contributed by atoms with Crippen LogP contribution in [-0.4, -0.2) is 87.4 Å². The summed E-state index contributed by atoms with van der Waals surface area (Å²) in [5.74, 6) is 1.40. The van der Waals surface area contributed by atoms with Gasteiger partial charge in [-0.1, -0.05) is 57.2 Å². The monoisotopic (exact) mass is 590 g/mol. The smallest absolute Gasteiger partial charge is 0.410 e. The molecule has 3 aliphatic heterocycles. The SMILES string of the molecule is CCCCC1CN(CC2CCCCC2)C(=O)OC12CCN(C1CCN(C(=O)c3cnn(-c4ccccc4)c3N)CC1)CC2. The highest BCUT2D eigenvalue weighted by molar-refractivity contribution is 5.98. The quantitative estimate of drug-likeness (QED) is 0.422. The van der Waals surface area contributed by atoms with Crippen molar-refractivity contribution in [2.45, 2.75) is 95.6 Å². The lowest BCUT2D eigenvalue weighted by Crippen LogP contribution is -2.61. The van der Waals surface area contributed by atoms with E-state index in [1.165, 1.54) is 44.9 Å². The maximum Gasteiger partial charge on any atom is 0.410 e. The van der Waals surface area contributed by atoms with E-state index in [1.807, 2.05) is 35.2 Å². The Kier molecular flexibility index (Phi) is 9.26. The van der Waals surface area contributed by atoms with E-state index in [4.69, 9.17) is 10.5 Å². The van der Waals surface area contributed by atoms with Crippen LogP contribution in [-0.2, 0) is 4.74 Å². The van der Waals surface area contributed by atoms with E-state index in [0.29, 0.717) is 42.3 Å². The molecule has 0 bridgehead atoms. The third-order valence-corrected chi connectivity index (χ3v) is 10.8. The molecule has 43 heavy (non-hydrogen) atoms. The molecule has 1 unspecified atom stereocenters. The number of aromatic nitrogens is 2. The number of hydrogen-bond acceptors (Lipinski definition) is 6. The summed E-state index contributed by atoms with van der Waals surface area (Å²) in [5, 5.41) is 4.39. The molecule has 1 aromatic heterocycles. The van der Waals surface area contributed by atoms with Crippen molar-refractivity contribution in [1.82, 2.24) is 24.5 Å². The molecule has 4 fully saturated rings. The first kappa shape index (κ1) is 30.0. The van der Waals surface area contributed by atoms with Gasteiger partial charge in [-0.2, -0.15) is 5.10 Å². The van der Waals surface area contributed by atoms with Crippen LogP contribution in [0.25, 0.3) is 5.69 Å². The predicted octanol–water partition coefficient (Wildman–Crippen LogP) is 5.73. The van der Waals surface area contributed by atoms with Gasteiger partial charge in [0, 0.05) is 64.1 Å². The molecule has 6 rings (SSSR count). The van der Waals surface area contributed by atoms with Crippen molar-refractivity contribution in [2.75, 3.05) is 45.0 Å². The average Bonchev–Trinajstić information content (AvgIpc) is 3.44. The number of rotatable bonds is 8. The van der Waals surface area contributed by atoms with Crippen LogP contribution in [0.1, 0.15) is 94.3 Å². The molecule has 234 valence electrons. The lowest BCUT2D eigenvalue weighted by Gasteiger charge is -2.52. The van der Waals surface area contributed by atoms with E-state index in [2.05, 4.69) is 21.8 Å². The Morgan fingerprint density at radius 2 is 1.74 bits per heavy atom. The summed E-state index contributed by atoms with van der Waals surface area (Å²) in [5.41, 5.74) is 7.36. The molecule has 1 atom stereocenters. The Hall–Kier alpha value is -3.07. The third kappa shape index (κ3) is 6.42. The van der Waals surface area contributed by atoms with Crippen molar-refractivity contribution in [3.05, 3.63) is 42.1 Å². The molecule has 2 aromatic rings. The topological polar surface area (TPSA) is 96.9 Å². The number of ether oxygens (including phenoxy) is 1. The van der Waals surface area contributed by atoms with Crippen molar-refractivity contribution >= 4 is 17.8 Å². The second-order valence-electron chi connectivity index (χ2n) is 13.4. The highest BCUT2D eigenvalue weighted by Crippen LogP contribution is 2.42. The number of anilines is 1. The second-order valence-corrected chi connectivity index (χ2v) is 13.4. The minimum Gasteiger partial charge on any atom is -0.442 e. The number of likely N-dealkylation sites (tertiary alicyclic amines) is 2. The van der Waals surface area contributed by atoms with Gasteiger partial charge in [0.1, 0.15) is 17.0 Å².